The first kappa shape index (κ1) is 16.8. The zero-order valence-corrected chi connectivity index (χ0v) is 14.7. The Kier molecular flexibility index (Phi) is 4.76. The Hall–Kier alpha value is -2.07. The molecule has 0 aliphatic carbocycles. The van der Waals surface area contributed by atoms with Crippen LogP contribution < -0.4 is 0 Å². The molecule has 1 saturated heterocycles. The van der Waals surface area contributed by atoms with E-state index in [4.69, 9.17) is 0 Å². The molecule has 2 aromatic rings. The molecule has 1 aromatic carbocycles. The number of hydrogen-bond acceptors (Lipinski definition) is 2. The molecule has 2 heterocycles. The normalized spacial score (nSPS) is 19.3. The minimum Gasteiger partial charge on any atom is -0.393 e. The minimum absolute atomic E-state index is 0.0628. The molecule has 1 aliphatic rings. The number of aliphatic hydroxyl groups excluding tert-OH is 1. The van der Waals surface area contributed by atoms with E-state index in [1.165, 1.54) is 11.4 Å². The van der Waals surface area contributed by atoms with E-state index < -0.39 is 0 Å². The highest BCUT2D eigenvalue weighted by Gasteiger charge is 2.27. The van der Waals surface area contributed by atoms with Gasteiger partial charge in [-0.2, -0.15) is 0 Å². The van der Waals surface area contributed by atoms with Crippen molar-refractivity contribution in [3.63, 3.8) is 0 Å². The van der Waals surface area contributed by atoms with Crippen LogP contribution >= 0.6 is 0 Å². The molecular formula is C20H26N2O2. The van der Waals surface area contributed by atoms with Crippen molar-refractivity contribution in [3.8, 4) is 5.69 Å². The highest BCUT2D eigenvalue weighted by molar-refractivity contribution is 5.94. The van der Waals surface area contributed by atoms with Crippen LogP contribution in [0.25, 0.3) is 5.69 Å². The number of carbonyl (C=O) groups excluding carboxylic acids is 1. The summed E-state index contributed by atoms with van der Waals surface area (Å²) in [7, 11) is 0. The second kappa shape index (κ2) is 6.81. The molecule has 1 N–H and O–H groups in total. The van der Waals surface area contributed by atoms with Crippen LogP contribution in [0, 0.1) is 19.8 Å². The third-order valence-corrected chi connectivity index (χ3v) is 5.07. The number of amides is 1. The van der Waals surface area contributed by atoms with E-state index in [9.17, 15) is 9.90 Å². The van der Waals surface area contributed by atoms with Crippen LogP contribution in [0.1, 0.15) is 41.5 Å². The number of hydrogen-bond donors (Lipinski definition) is 1. The summed E-state index contributed by atoms with van der Waals surface area (Å²) in [4.78, 5) is 14.6. The highest BCUT2D eigenvalue weighted by atomic mass is 16.3. The Morgan fingerprint density at radius 1 is 1.12 bits per heavy atom. The Balaban J connectivity index is 1.77. The molecule has 128 valence electrons. The van der Waals surface area contributed by atoms with E-state index in [1.54, 1.807) is 0 Å². The van der Waals surface area contributed by atoms with Crippen LogP contribution in [0.5, 0.6) is 0 Å². The zero-order valence-electron chi connectivity index (χ0n) is 14.7. The monoisotopic (exact) mass is 326 g/mol. The van der Waals surface area contributed by atoms with Gasteiger partial charge in [-0.1, -0.05) is 0 Å². The standard InChI is InChI=1S/C20H26N2O2/c1-14-6-7-15(2)22(14)19-10-8-17(9-11-19)20(24)21-12-4-5-18(13-21)16(3)23/h6-11,16,18,23H,4-5,12-13H2,1-3H3. The van der Waals surface area contributed by atoms with Gasteiger partial charge in [0, 0.05) is 41.6 Å². The molecule has 1 fully saturated rings. The maximum absolute atomic E-state index is 12.7. The van der Waals surface area contributed by atoms with E-state index in [0.717, 1.165) is 25.1 Å². The number of aromatic nitrogens is 1. The summed E-state index contributed by atoms with van der Waals surface area (Å²) in [6, 6.07) is 12.0. The first-order valence-corrected chi connectivity index (χ1v) is 8.70. The smallest absolute Gasteiger partial charge is 0.253 e. The van der Waals surface area contributed by atoms with Gasteiger partial charge in [0.1, 0.15) is 0 Å². The van der Waals surface area contributed by atoms with Gasteiger partial charge in [-0.05, 0) is 70.0 Å². The molecule has 0 bridgehead atoms. The summed E-state index contributed by atoms with van der Waals surface area (Å²) in [5, 5.41) is 9.80. The predicted molar refractivity (Wildman–Crippen MR) is 95.6 cm³/mol. The lowest BCUT2D eigenvalue weighted by molar-refractivity contribution is 0.0466. The molecule has 0 spiro atoms. The number of piperidine rings is 1. The third-order valence-electron chi connectivity index (χ3n) is 5.07. The van der Waals surface area contributed by atoms with Crippen LogP contribution in [0.3, 0.4) is 0 Å². The van der Waals surface area contributed by atoms with Gasteiger partial charge in [0.25, 0.3) is 5.91 Å². The Labute approximate surface area is 143 Å². The van der Waals surface area contributed by atoms with Gasteiger partial charge in [-0.3, -0.25) is 4.79 Å². The minimum atomic E-state index is -0.359. The predicted octanol–water partition coefficient (Wildman–Crippen LogP) is 3.33. The van der Waals surface area contributed by atoms with Crippen molar-refractivity contribution in [1.82, 2.24) is 9.47 Å². The summed E-state index contributed by atoms with van der Waals surface area (Å²) in [5.74, 6) is 0.250. The van der Waals surface area contributed by atoms with Crippen LogP contribution in [0.2, 0.25) is 0 Å². The molecule has 4 heteroatoms. The third kappa shape index (κ3) is 3.24. The number of nitrogens with zero attached hydrogens (tertiary/aromatic N) is 2. The number of benzene rings is 1. The topological polar surface area (TPSA) is 45.5 Å². The van der Waals surface area contributed by atoms with Gasteiger partial charge >= 0.3 is 0 Å². The van der Waals surface area contributed by atoms with Crippen molar-refractivity contribution < 1.29 is 9.90 Å². The van der Waals surface area contributed by atoms with Crippen molar-refractivity contribution in [2.24, 2.45) is 5.92 Å². The Bertz CT molecular complexity index is 696. The fraction of sp³-hybridized carbons (Fsp3) is 0.450. The van der Waals surface area contributed by atoms with Crippen LogP contribution in [0.4, 0.5) is 0 Å². The molecule has 4 nitrogen and oxygen atoms in total. The van der Waals surface area contributed by atoms with Crippen molar-refractivity contribution in [1.29, 1.82) is 0 Å². The molecule has 2 unspecified atom stereocenters. The van der Waals surface area contributed by atoms with Gasteiger partial charge in [0.05, 0.1) is 6.10 Å². The molecule has 0 radical (unpaired) electrons. The number of aliphatic hydroxyl groups is 1. The van der Waals surface area contributed by atoms with Crippen molar-refractivity contribution in [2.75, 3.05) is 13.1 Å². The van der Waals surface area contributed by atoms with E-state index in [2.05, 4.69) is 30.5 Å². The van der Waals surface area contributed by atoms with Crippen molar-refractivity contribution >= 4 is 5.91 Å². The molecule has 1 amide bonds. The van der Waals surface area contributed by atoms with E-state index in [1.807, 2.05) is 36.1 Å². The number of likely N-dealkylation sites (tertiary alicyclic amines) is 1. The van der Waals surface area contributed by atoms with E-state index in [-0.39, 0.29) is 17.9 Å². The SMILES string of the molecule is Cc1ccc(C)n1-c1ccc(C(=O)N2CCCC(C(C)O)C2)cc1. The zero-order chi connectivity index (χ0) is 17.3. The average molecular weight is 326 g/mol. The molecule has 3 rings (SSSR count). The highest BCUT2D eigenvalue weighted by Crippen LogP contribution is 2.22. The Morgan fingerprint density at radius 3 is 2.33 bits per heavy atom. The largest absolute Gasteiger partial charge is 0.393 e. The second-order valence-corrected chi connectivity index (χ2v) is 6.89. The maximum atomic E-state index is 12.7. The molecule has 0 saturated carbocycles. The average Bonchev–Trinajstić information content (AvgIpc) is 2.93. The maximum Gasteiger partial charge on any atom is 0.253 e. The molecular weight excluding hydrogens is 300 g/mol. The van der Waals surface area contributed by atoms with E-state index in [0.29, 0.717) is 12.1 Å². The summed E-state index contributed by atoms with van der Waals surface area (Å²) in [6.45, 7) is 7.40. The summed E-state index contributed by atoms with van der Waals surface area (Å²) >= 11 is 0. The van der Waals surface area contributed by atoms with Gasteiger partial charge in [0.15, 0.2) is 0 Å². The lowest BCUT2D eigenvalue weighted by Crippen LogP contribution is -2.42. The van der Waals surface area contributed by atoms with Gasteiger partial charge in [-0.25, -0.2) is 0 Å². The number of aryl methyl sites for hydroxylation is 2. The van der Waals surface area contributed by atoms with Crippen LogP contribution in [0.15, 0.2) is 36.4 Å². The van der Waals surface area contributed by atoms with Gasteiger partial charge in [0.2, 0.25) is 0 Å². The fourth-order valence-corrected chi connectivity index (χ4v) is 3.60. The van der Waals surface area contributed by atoms with E-state index >= 15 is 0 Å². The summed E-state index contributed by atoms with van der Waals surface area (Å²) in [5.41, 5.74) is 4.16. The van der Waals surface area contributed by atoms with Gasteiger partial charge in [-0.15, -0.1) is 0 Å². The summed E-state index contributed by atoms with van der Waals surface area (Å²) < 4.78 is 2.18. The van der Waals surface area contributed by atoms with Crippen LogP contribution in [-0.4, -0.2) is 39.7 Å². The molecule has 24 heavy (non-hydrogen) atoms. The van der Waals surface area contributed by atoms with Crippen molar-refractivity contribution in [2.45, 2.75) is 39.7 Å². The number of carbonyl (C=O) groups is 1. The molecule has 1 aromatic heterocycles. The lowest BCUT2D eigenvalue weighted by atomic mass is 9.93. The Morgan fingerprint density at radius 2 is 1.75 bits per heavy atom. The van der Waals surface area contributed by atoms with Crippen molar-refractivity contribution in [3.05, 3.63) is 53.3 Å². The lowest BCUT2D eigenvalue weighted by Gasteiger charge is -2.34. The first-order chi connectivity index (χ1) is 11.5. The summed E-state index contributed by atoms with van der Waals surface area (Å²) in [6.07, 6.45) is 1.59. The number of rotatable bonds is 3. The van der Waals surface area contributed by atoms with Gasteiger partial charge < -0.3 is 14.6 Å². The second-order valence-electron chi connectivity index (χ2n) is 6.89. The first-order valence-electron chi connectivity index (χ1n) is 8.70. The molecule has 1 aliphatic heterocycles. The molecule has 2 atom stereocenters. The fourth-order valence-electron chi connectivity index (χ4n) is 3.60. The van der Waals surface area contributed by atoms with Crippen LogP contribution in [-0.2, 0) is 0 Å². The quantitative estimate of drug-likeness (QED) is 0.940.